The Morgan fingerprint density at radius 2 is 1.90 bits per heavy atom. The van der Waals surface area contributed by atoms with Gasteiger partial charge in [-0.25, -0.2) is 8.42 Å². The predicted octanol–water partition coefficient (Wildman–Crippen LogP) is 2.07. The zero-order valence-electron chi connectivity index (χ0n) is 15.8. The maximum atomic E-state index is 13.4. The van der Waals surface area contributed by atoms with E-state index in [-0.39, 0.29) is 22.2 Å². The molecule has 0 aliphatic carbocycles. The van der Waals surface area contributed by atoms with Gasteiger partial charge in [0, 0.05) is 19.7 Å². The SMILES string of the molecule is COCCNC(=O)CN(c1ccccc1Cl)S(=O)(=O)c1ccc2c(c1)OCCO2. The van der Waals surface area contributed by atoms with E-state index in [0.29, 0.717) is 31.3 Å². The van der Waals surface area contributed by atoms with Crippen LogP contribution in [0.5, 0.6) is 11.5 Å². The molecular weight excluding hydrogens is 420 g/mol. The van der Waals surface area contributed by atoms with Crippen molar-refractivity contribution in [1.82, 2.24) is 5.32 Å². The average Bonchev–Trinajstić information content (AvgIpc) is 2.72. The van der Waals surface area contributed by atoms with Crippen LogP contribution < -0.4 is 19.1 Å². The molecule has 1 N–H and O–H groups in total. The summed E-state index contributed by atoms with van der Waals surface area (Å²) in [4.78, 5) is 12.3. The Morgan fingerprint density at radius 1 is 1.17 bits per heavy atom. The summed E-state index contributed by atoms with van der Waals surface area (Å²) in [6.07, 6.45) is 0. The number of benzene rings is 2. The molecule has 2 aromatic carbocycles. The van der Waals surface area contributed by atoms with Gasteiger partial charge in [0.25, 0.3) is 10.0 Å². The van der Waals surface area contributed by atoms with E-state index >= 15 is 0 Å². The third-order valence-corrected chi connectivity index (χ3v) is 6.21. The smallest absolute Gasteiger partial charge is 0.264 e. The zero-order valence-corrected chi connectivity index (χ0v) is 17.3. The Labute approximate surface area is 174 Å². The first-order chi connectivity index (χ1) is 13.9. The monoisotopic (exact) mass is 440 g/mol. The number of sulfonamides is 1. The lowest BCUT2D eigenvalue weighted by Crippen LogP contribution is -2.41. The minimum Gasteiger partial charge on any atom is -0.486 e. The van der Waals surface area contributed by atoms with Gasteiger partial charge in [-0.05, 0) is 24.3 Å². The van der Waals surface area contributed by atoms with Crippen LogP contribution in [0.2, 0.25) is 5.02 Å². The van der Waals surface area contributed by atoms with E-state index in [1.165, 1.54) is 25.3 Å². The summed E-state index contributed by atoms with van der Waals surface area (Å²) in [6.45, 7) is 0.853. The van der Waals surface area contributed by atoms with E-state index in [4.69, 9.17) is 25.8 Å². The number of para-hydroxylation sites is 1. The molecule has 0 saturated heterocycles. The van der Waals surface area contributed by atoms with Crippen LogP contribution in [0.25, 0.3) is 0 Å². The molecule has 29 heavy (non-hydrogen) atoms. The normalized spacial score (nSPS) is 13.0. The molecule has 0 bridgehead atoms. The lowest BCUT2D eigenvalue weighted by Gasteiger charge is -2.26. The third-order valence-electron chi connectivity index (χ3n) is 4.14. The number of nitrogens with one attached hydrogen (secondary N) is 1. The van der Waals surface area contributed by atoms with E-state index in [2.05, 4.69) is 5.32 Å². The number of rotatable bonds is 8. The van der Waals surface area contributed by atoms with Gasteiger partial charge < -0.3 is 19.5 Å². The number of hydrogen-bond donors (Lipinski definition) is 1. The minimum absolute atomic E-state index is 0.0358. The van der Waals surface area contributed by atoms with E-state index < -0.39 is 22.5 Å². The molecule has 10 heteroatoms. The maximum absolute atomic E-state index is 13.4. The van der Waals surface area contributed by atoms with Crippen molar-refractivity contribution < 1.29 is 27.4 Å². The highest BCUT2D eigenvalue weighted by Crippen LogP contribution is 2.35. The number of ether oxygens (including phenoxy) is 3. The molecule has 0 unspecified atom stereocenters. The summed E-state index contributed by atoms with van der Waals surface area (Å²) in [7, 11) is -2.61. The molecule has 8 nitrogen and oxygen atoms in total. The molecule has 0 spiro atoms. The predicted molar refractivity (Wildman–Crippen MR) is 108 cm³/mol. The van der Waals surface area contributed by atoms with Crippen LogP contribution in [0.15, 0.2) is 47.4 Å². The number of carbonyl (C=O) groups excluding carboxylic acids is 1. The lowest BCUT2D eigenvalue weighted by molar-refractivity contribution is -0.119. The van der Waals surface area contributed by atoms with Crippen molar-refractivity contribution >= 4 is 33.2 Å². The van der Waals surface area contributed by atoms with Crippen molar-refractivity contribution in [3.05, 3.63) is 47.5 Å². The summed E-state index contributed by atoms with van der Waals surface area (Å²) in [5.41, 5.74) is 0.200. The Hall–Kier alpha value is -2.49. The van der Waals surface area contributed by atoms with Gasteiger partial charge in [0.05, 0.1) is 22.2 Å². The molecule has 1 aliphatic rings. The number of carbonyl (C=O) groups is 1. The van der Waals surface area contributed by atoms with E-state index in [1.807, 2.05) is 0 Å². The second kappa shape index (κ2) is 9.34. The largest absolute Gasteiger partial charge is 0.486 e. The second-order valence-electron chi connectivity index (χ2n) is 6.11. The molecule has 0 fully saturated rings. The van der Waals surface area contributed by atoms with Gasteiger partial charge in [0.2, 0.25) is 5.91 Å². The van der Waals surface area contributed by atoms with Gasteiger partial charge in [0.1, 0.15) is 19.8 Å². The number of halogens is 1. The number of fused-ring (bicyclic) bond motifs is 1. The van der Waals surface area contributed by atoms with Crippen LogP contribution in [0.4, 0.5) is 5.69 Å². The van der Waals surface area contributed by atoms with Crippen molar-refractivity contribution in [2.75, 3.05) is 44.3 Å². The van der Waals surface area contributed by atoms with Crippen molar-refractivity contribution in [3.8, 4) is 11.5 Å². The average molecular weight is 441 g/mol. The highest BCUT2D eigenvalue weighted by atomic mass is 35.5. The Morgan fingerprint density at radius 3 is 2.62 bits per heavy atom. The summed E-state index contributed by atoms with van der Waals surface area (Å²) in [5.74, 6) is 0.320. The molecule has 0 radical (unpaired) electrons. The van der Waals surface area contributed by atoms with Gasteiger partial charge in [-0.2, -0.15) is 0 Å². The number of hydrogen-bond acceptors (Lipinski definition) is 6. The fourth-order valence-electron chi connectivity index (χ4n) is 2.74. The second-order valence-corrected chi connectivity index (χ2v) is 8.38. The van der Waals surface area contributed by atoms with Gasteiger partial charge in [0.15, 0.2) is 11.5 Å². The van der Waals surface area contributed by atoms with Crippen LogP contribution in [0.3, 0.4) is 0 Å². The minimum atomic E-state index is -4.11. The molecule has 1 amide bonds. The van der Waals surface area contributed by atoms with Crippen LogP contribution in [0, 0.1) is 0 Å². The molecule has 1 heterocycles. The molecular formula is C19H21ClN2O6S. The molecule has 0 atom stereocenters. The van der Waals surface area contributed by atoms with Gasteiger partial charge in [-0.15, -0.1) is 0 Å². The molecule has 0 aromatic heterocycles. The van der Waals surface area contributed by atoms with Crippen LogP contribution in [-0.4, -0.2) is 54.3 Å². The summed E-state index contributed by atoms with van der Waals surface area (Å²) in [5, 5.41) is 2.83. The van der Waals surface area contributed by atoms with Gasteiger partial charge in [-0.1, -0.05) is 23.7 Å². The molecule has 0 saturated carbocycles. The number of nitrogens with zero attached hydrogens (tertiary/aromatic N) is 1. The van der Waals surface area contributed by atoms with Gasteiger partial charge >= 0.3 is 0 Å². The van der Waals surface area contributed by atoms with Crippen LogP contribution in [-0.2, 0) is 19.6 Å². The van der Waals surface area contributed by atoms with Crippen molar-refractivity contribution in [3.63, 3.8) is 0 Å². The molecule has 2 aromatic rings. The fraction of sp³-hybridized carbons (Fsp3) is 0.316. The Balaban J connectivity index is 1.96. The summed E-state index contributed by atoms with van der Waals surface area (Å²) in [6, 6.07) is 10.8. The zero-order chi connectivity index (χ0) is 20.9. The molecule has 3 rings (SSSR count). The topological polar surface area (TPSA) is 94.2 Å². The first-order valence-electron chi connectivity index (χ1n) is 8.86. The Kier molecular flexibility index (Phi) is 6.83. The van der Waals surface area contributed by atoms with Crippen LogP contribution in [0.1, 0.15) is 0 Å². The van der Waals surface area contributed by atoms with Crippen molar-refractivity contribution in [1.29, 1.82) is 0 Å². The van der Waals surface area contributed by atoms with Gasteiger partial charge in [-0.3, -0.25) is 9.10 Å². The highest BCUT2D eigenvalue weighted by Gasteiger charge is 2.30. The van der Waals surface area contributed by atoms with E-state index in [1.54, 1.807) is 24.3 Å². The van der Waals surface area contributed by atoms with E-state index in [0.717, 1.165) is 4.31 Å². The first kappa shape index (κ1) is 21.2. The Bertz CT molecular complexity index is 982. The quantitative estimate of drug-likeness (QED) is 0.631. The number of anilines is 1. The van der Waals surface area contributed by atoms with Crippen molar-refractivity contribution in [2.24, 2.45) is 0 Å². The van der Waals surface area contributed by atoms with Crippen LogP contribution >= 0.6 is 11.6 Å². The number of methoxy groups -OCH3 is 1. The first-order valence-corrected chi connectivity index (χ1v) is 10.7. The van der Waals surface area contributed by atoms with Crippen molar-refractivity contribution in [2.45, 2.75) is 4.90 Å². The molecule has 156 valence electrons. The maximum Gasteiger partial charge on any atom is 0.264 e. The third kappa shape index (κ3) is 4.92. The summed E-state index contributed by atoms with van der Waals surface area (Å²) < 4.78 is 43.6. The lowest BCUT2D eigenvalue weighted by atomic mass is 10.3. The fourth-order valence-corrected chi connectivity index (χ4v) is 4.49. The molecule has 1 aliphatic heterocycles. The van der Waals surface area contributed by atoms with E-state index in [9.17, 15) is 13.2 Å². The summed E-state index contributed by atoms with van der Waals surface area (Å²) >= 11 is 6.24. The standard InChI is InChI=1S/C19H21ClN2O6S/c1-26-9-8-21-19(23)13-22(16-5-3-2-4-15(16)20)29(24,25)14-6-7-17-18(12-14)28-11-10-27-17/h2-7,12H,8-11,13H2,1H3,(H,21,23). The number of amides is 1. The highest BCUT2D eigenvalue weighted by molar-refractivity contribution is 7.92.